The molecule has 0 radical (unpaired) electrons. The van der Waals surface area contributed by atoms with Crippen molar-refractivity contribution >= 4 is 35.1 Å². The summed E-state index contributed by atoms with van der Waals surface area (Å²) >= 11 is 0. The molecule has 0 aliphatic carbocycles. The number of nitrogens with zero attached hydrogens (tertiary/aromatic N) is 1. The van der Waals surface area contributed by atoms with Gasteiger partial charge in [-0.2, -0.15) is 0 Å². The minimum absolute atomic E-state index is 0. The average molecular weight is 413 g/mol. The van der Waals surface area contributed by atoms with Gasteiger partial charge in [0.05, 0.1) is 5.92 Å². The van der Waals surface area contributed by atoms with E-state index in [-0.39, 0.29) is 18.3 Å². The van der Waals surface area contributed by atoms with E-state index in [2.05, 4.69) is 5.32 Å². The van der Waals surface area contributed by atoms with Crippen LogP contribution in [0.1, 0.15) is 24.0 Å². The number of carboxylic acids is 1. The molecule has 3 aromatic carbocycles. The molecule has 0 saturated carbocycles. The van der Waals surface area contributed by atoms with Gasteiger partial charge >= 0.3 is 5.97 Å². The zero-order chi connectivity index (χ0) is 20.1. The van der Waals surface area contributed by atoms with E-state index in [4.69, 9.17) is 0 Å². The normalized spacial score (nSPS) is 12.8. The lowest BCUT2D eigenvalue weighted by Gasteiger charge is -2.27. The predicted molar refractivity (Wildman–Crippen MR) is 117 cm³/mol. The first-order valence-corrected chi connectivity index (χ1v) is 9.22. The lowest BCUT2D eigenvalue weighted by atomic mass is 9.94. The maximum absolute atomic E-state index is 12.9. The first kappa shape index (κ1) is 22.4. The van der Waals surface area contributed by atoms with E-state index in [1.807, 2.05) is 72.8 Å². The van der Waals surface area contributed by atoms with Gasteiger partial charge < -0.3 is 10.4 Å². The van der Waals surface area contributed by atoms with Crippen molar-refractivity contribution in [3.05, 3.63) is 83.9 Å². The van der Waals surface area contributed by atoms with E-state index < -0.39 is 18.1 Å². The van der Waals surface area contributed by atoms with Gasteiger partial charge in [-0.3, -0.25) is 9.69 Å². The van der Waals surface area contributed by atoms with Crippen LogP contribution in [0.3, 0.4) is 0 Å². The van der Waals surface area contributed by atoms with Crippen LogP contribution in [-0.2, 0) is 16.1 Å². The molecule has 0 bridgehead atoms. The van der Waals surface area contributed by atoms with E-state index >= 15 is 0 Å². The van der Waals surface area contributed by atoms with Gasteiger partial charge in [0.25, 0.3) is 0 Å². The minimum atomic E-state index is -1.11. The van der Waals surface area contributed by atoms with Crippen LogP contribution in [0.5, 0.6) is 0 Å². The van der Waals surface area contributed by atoms with E-state index in [1.165, 1.54) is 0 Å². The summed E-state index contributed by atoms with van der Waals surface area (Å²) < 4.78 is 0. The first-order valence-electron chi connectivity index (χ1n) is 9.22. The Kier molecular flexibility index (Phi) is 7.76. The van der Waals surface area contributed by atoms with Crippen molar-refractivity contribution in [2.75, 3.05) is 7.05 Å². The summed E-state index contributed by atoms with van der Waals surface area (Å²) in [5.74, 6) is -1.88. The molecule has 152 valence electrons. The molecule has 2 atom stereocenters. The Labute approximate surface area is 176 Å². The number of amides is 1. The molecule has 3 aromatic rings. The highest BCUT2D eigenvalue weighted by Crippen LogP contribution is 2.25. The topological polar surface area (TPSA) is 69.6 Å². The molecule has 5 nitrogen and oxygen atoms in total. The number of hydrogen-bond acceptors (Lipinski definition) is 3. The van der Waals surface area contributed by atoms with E-state index in [1.54, 1.807) is 18.9 Å². The van der Waals surface area contributed by atoms with Crippen molar-refractivity contribution in [1.82, 2.24) is 10.2 Å². The molecule has 1 amide bonds. The Bertz CT molecular complexity index is 973. The van der Waals surface area contributed by atoms with Crippen molar-refractivity contribution in [2.24, 2.45) is 0 Å². The molecule has 29 heavy (non-hydrogen) atoms. The summed E-state index contributed by atoms with van der Waals surface area (Å²) in [7, 11) is 1.69. The summed E-state index contributed by atoms with van der Waals surface area (Å²) in [5, 5.41) is 14.4. The molecule has 2 N–H and O–H groups in total. The van der Waals surface area contributed by atoms with Crippen molar-refractivity contribution in [3.63, 3.8) is 0 Å². The number of carboxylic acid groups (broad SMARTS) is 1. The Balaban J connectivity index is 0.00000300. The second kappa shape index (κ2) is 10.0. The zero-order valence-corrected chi connectivity index (χ0v) is 17.2. The maximum Gasteiger partial charge on any atom is 0.341 e. The fourth-order valence-corrected chi connectivity index (χ4v) is 3.35. The monoisotopic (exact) mass is 412 g/mol. The number of carbonyl (C=O) groups is 2. The van der Waals surface area contributed by atoms with Gasteiger partial charge in [-0.05, 0) is 35.9 Å². The maximum atomic E-state index is 12.9. The molecule has 6 heteroatoms. The highest BCUT2D eigenvalue weighted by atomic mass is 35.5. The standard InChI is InChI=1S/C23H24N2O3.ClH/c1-16(19-14-8-12-18-11-6-7-13-20(18)19)22(26)24-21(23(27)28)25(2)15-17-9-4-3-5-10-17;/h3-14,16,21H,15H2,1-2H3,(H,24,26)(H,27,28);1H. The smallest absolute Gasteiger partial charge is 0.341 e. The minimum Gasteiger partial charge on any atom is -0.479 e. The fourth-order valence-electron chi connectivity index (χ4n) is 3.35. The quantitative estimate of drug-likeness (QED) is 0.575. The number of aliphatic carboxylic acids is 1. The lowest BCUT2D eigenvalue weighted by molar-refractivity contribution is -0.147. The zero-order valence-electron chi connectivity index (χ0n) is 16.4. The number of halogens is 1. The van der Waals surface area contributed by atoms with Crippen LogP contribution in [-0.4, -0.2) is 35.1 Å². The summed E-state index contributed by atoms with van der Waals surface area (Å²) in [6, 6.07) is 23.3. The van der Waals surface area contributed by atoms with Crippen molar-refractivity contribution in [2.45, 2.75) is 25.6 Å². The summed E-state index contributed by atoms with van der Waals surface area (Å²) in [6.45, 7) is 2.22. The van der Waals surface area contributed by atoms with Crippen LogP contribution in [0.15, 0.2) is 72.8 Å². The highest BCUT2D eigenvalue weighted by molar-refractivity contribution is 5.94. The van der Waals surface area contributed by atoms with Crippen LogP contribution in [0.4, 0.5) is 0 Å². The average Bonchev–Trinajstić information content (AvgIpc) is 2.71. The van der Waals surface area contributed by atoms with E-state index in [0.29, 0.717) is 6.54 Å². The Morgan fingerprint density at radius 3 is 2.28 bits per heavy atom. The molecular weight excluding hydrogens is 388 g/mol. The van der Waals surface area contributed by atoms with Gasteiger partial charge in [0.2, 0.25) is 5.91 Å². The number of fused-ring (bicyclic) bond motifs is 1. The molecular formula is C23H25ClN2O3. The molecule has 3 rings (SSSR count). The van der Waals surface area contributed by atoms with Gasteiger partial charge in [0.15, 0.2) is 6.17 Å². The van der Waals surface area contributed by atoms with Crippen LogP contribution in [0, 0.1) is 0 Å². The van der Waals surface area contributed by atoms with Crippen molar-refractivity contribution < 1.29 is 14.7 Å². The van der Waals surface area contributed by atoms with Gasteiger partial charge in [-0.25, -0.2) is 4.79 Å². The summed E-state index contributed by atoms with van der Waals surface area (Å²) in [6.07, 6.45) is -1.11. The molecule has 0 aliphatic rings. The number of rotatable bonds is 7. The number of likely N-dealkylation sites (N-methyl/N-ethyl adjacent to an activating group) is 1. The first-order chi connectivity index (χ1) is 13.5. The molecule has 0 aromatic heterocycles. The molecule has 0 fully saturated rings. The number of nitrogens with one attached hydrogen (secondary N) is 1. The number of benzene rings is 3. The van der Waals surface area contributed by atoms with Crippen LogP contribution < -0.4 is 5.32 Å². The molecule has 0 spiro atoms. The fraction of sp³-hybridized carbons (Fsp3) is 0.217. The van der Waals surface area contributed by atoms with Crippen molar-refractivity contribution in [1.29, 1.82) is 0 Å². The second-order valence-corrected chi connectivity index (χ2v) is 6.94. The third-order valence-electron chi connectivity index (χ3n) is 4.91. The number of hydrogen-bond donors (Lipinski definition) is 2. The van der Waals surface area contributed by atoms with Crippen molar-refractivity contribution in [3.8, 4) is 0 Å². The van der Waals surface area contributed by atoms with Gasteiger partial charge in [0.1, 0.15) is 0 Å². The molecule has 0 heterocycles. The van der Waals surface area contributed by atoms with Crippen LogP contribution >= 0.6 is 12.4 Å². The third kappa shape index (κ3) is 5.34. The van der Waals surface area contributed by atoms with E-state index in [9.17, 15) is 14.7 Å². The van der Waals surface area contributed by atoms with Gasteiger partial charge in [-0.1, -0.05) is 72.8 Å². The Morgan fingerprint density at radius 2 is 1.59 bits per heavy atom. The van der Waals surface area contributed by atoms with Gasteiger partial charge in [-0.15, -0.1) is 12.4 Å². The molecule has 0 saturated heterocycles. The predicted octanol–water partition coefficient (Wildman–Crippen LogP) is 4.02. The van der Waals surface area contributed by atoms with Crippen LogP contribution in [0.2, 0.25) is 0 Å². The molecule has 2 unspecified atom stereocenters. The second-order valence-electron chi connectivity index (χ2n) is 6.94. The Hall–Kier alpha value is -2.89. The molecule has 0 aliphatic heterocycles. The van der Waals surface area contributed by atoms with E-state index in [0.717, 1.165) is 21.9 Å². The SMILES string of the molecule is CC(C(=O)NC(C(=O)O)N(C)Cc1ccccc1)c1cccc2ccccc12.Cl. The Morgan fingerprint density at radius 1 is 0.966 bits per heavy atom. The largest absolute Gasteiger partial charge is 0.479 e. The van der Waals surface area contributed by atoms with Gasteiger partial charge in [0, 0.05) is 6.54 Å². The number of carbonyl (C=O) groups excluding carboxylic acids is 1. The lowest BCUT2D eigenvalue weighted by Crippen LogP contribution is -2.52. The summed E-state index contributed by atoms with van der Waals surface area (Å²) in [4.78, 5) is 26.3. The van der Waals surface area contributed by atoms with Crippen LogP contribution in [0.25, 0.3) is 10.8 Å². The third-order valence-corrected chi connectivity index (χ3v) is 4.91. The highest BCUT2D eigenvalue weighted by Gasteiger charge is 2.27. The summed E-state index contributed by atoms with van der Waals surface area (Å²) in [5.41, 5.74) is 1.86.